The van der Waals surface area contributed by atoms with E-state index in [0.717, 1.165) is 11.1 Å². The molecule has 2 rings (SSSR count). The van der Waals surface area contributed by atoms with Crippen molar-refractivity contribution in [3.8, 4) is 5.75 Å². The zero-order valence-corrected chi connectivity index (χ0v) is 12.6. The Hall–Kier alpha value is -2.34. The number of rotatable bonds is 4. The van der Waals surface area contributed by atoms with Gasteiger partial charge in [-0.25, -0.2) is 4.83 Å². The van der Waals surface area contributed by atoms with Crippen molar-refractivity contribution in [2.24, 2.45) is 5.10 Å². The zero-order chi connectivity index (χ0) is 15.5. The van der Waals surface area contributed by atoms with Crippen LogP contribution in [0.1, 0.15) is 16.7 Å². The quantitative estimate of drug-likeness (QED) is 0.672. The molecule has 0 aliphatic heterocycles. The van der Waals surface area contributed by atoms with Crippen LogP contribution in [-0.2, 0) is 10.0 Å². The number of nitrogens with one attached hydrogen (secondary N) is 1. The maximum Gasteiger partial charge on any atom is 0.276 e. The molecule has 0 heterocycles. The molecule has 0 amide bonds. The minimum atomic E-state index is -3.71. The highest BCUT2D eigenvalue weighted by Gasteiger charge is 2.13. The minimum absolute atomic E-state index is 0.0339. The molecule has 21 heavy (non-hydrogen) atoms. The number of phenols is 1. The monoisotopic (exact) mass is 304 g/mol. The maximum atomic E-state index is 12.1. The summed E-state index contributed by atoms with van der Waals surface area (Å²) in [6.07, 6.45) is 1.26. The average Bonchev–Trinajstić information content (AvgIpc) is 2.44. The Morgan fingerprint density at radius 3 is 2.48 bits per heavy atom. The predicted molar refractivity (Wildman–Crippen MR) is 81.9 cm³/mol. The van der Waals surface area contributed by atoms with Crippen LogP contribution >= 0.6 is 0 Å². The lowest BCUT2D eigenvalue weighted by molar-refractivity contribution is 0.474. The molecule has 0 saturated heterocycles. The summed E-state index contributed by atoms with van der Waals surface area (Å²) >= 11 is 0. The van der Waals surface area contributed by atoms with Crippen molar-refractivity contribution in [1.29, 1.82) is 0 Å². The molecule has 5 nitrogen and oxygen atoms in total. The molecule has 0 fully saturated rings. The lowest BCUT2D eigenvalue weighted by Crippen LogP contribution is -2.18. The van der Waals surface area contributed by atoms with Gasteiger partial charge in [0.1, 0.15) is 5.75 Å². The van der Waals surface area contributed by atoms with Crippen molar-refractivity contribution in [3.63, 3.8) is 0 Å². The predicted octanol–water partition coefficient (Wildman–Crippen LogP) is 2.32. The molecule has 2 aromatic carbocycles. The fourth-order valence-corrected chi connectivity index (χ4v) is 2.57. The van der Waals surface area contributed by atoms with E-state index in [-0.39, 0.29) is 10.6 Å². The van der Waals surface area contributed by atoms with E-state index in [9.17, 15) is 13.5 Å². The van der Waals surface area contributed by atoms with Crippen LogP contribution in [0.5, 0.6) is 5.75 Å². The Bertz CT molecular complexity index is 783. The van der Waals surface area contributed by atoms with E-state index in [1.807, 2.05) is 13.8 Å². The Morgan fingerprint density at radius 2 is 1.81 bits per heavy atom. The third-order valence-electron chi connectivity index (χ3n) is 3.10. The first-order chi connectivity index (χ1) is 9.90. The summed E-state index contributed by atoms with van der Waals surface area (Å²) in [5.74, 6) is 0.0339. The summed E-state index contributed by atoms with van der Waals surface area (Å²) in [4.78, 5) is 2.28. The molecule has 0 bridgehead atoms. The molecule has 0 unspecified atom stereocenters. The van der Waals surface area contributed by atoms with Gasteiger partial charge in [-0.05, 0) is 49.2 Å². The smallest absolute Gasteiger partial charge is 0.276 e. The summed E-state index contributed by atoms with van der Waals surface area (Å²) in [6.45, 7) is 3.76. The molecule has 6 heteroatoms. The molecule has 0 aliphatic carbocycles. The van der Waals surface area contributed by atoms with Crippen LogP contribution < -0.4 is 4.83 Å². The number of hydrazone groups is 1. The number of benzene rings is 2. The van der Waals surface area contributed by atoms with Crippen LogP contribution in [0.3, 0.4) is 0 Å². The van der Waals surface area contributed by atoms with Crippen molar-refractivity contribution in [1.82, 2.24) is 4.83 Å². The van der Waals surface area contributed by atoms with Crippen molar-refractivity contribution in [2.45, 2.75) is 18.7 Å². The van der Waals surface area contributed by atoms with E-state index in [0.29, 0.717) is 5.56 Å². The summed E-state index contributed by atoms with van der Waals surface area (Å²) in [5, 5.41) is 13.2. The van der Waals surface area contributed by atoms with Gasteiger partial charge in [-0.15, -0.1) is 0 Å². The van der Waals surface area contributed by atoms with Crippen LogP contribution in [0.4, 0.5) is 0 Å². The molecule has 0 radical (unpaired) electrons. The van der Waals surface area contributed by atoms with Crippen molar-refractivity contribution in [3.05, 3.63) is 59.2 Å². The number of hydrogen-bond acceptors (Lipinski definition) is 4. The van der Waals surface area contributed by atoms with Gasteiger partial charge in [0.2, 0.25) is 0 Å². The topological polar surface area (TPSA) is 78.8 Å². The van der Waals surface area contributed by atoms with Gasteiger partial charge in [0.25, 0.3) is 10.0 Å². The van der Waals surface area contributed by atoms with Crippen molar-refractivity contribution in [2.75, 3.05) is 0 Å². The number of hydrogen-bond donors (Lipinski definition) is 2. The van der Waals surface area contributed by atoms with Gasteiger partial charge in [-0.1, -0.05) is 18.2 Å². The molecule has 0 aliphatic rings. The average molecular weight is 304 g/mol. The van der Waals surface area contributed by atoms with Gasteiger partial charge in [0.05, 0.1) is 11.1 Å². The van der Waals surface area contributed by atoms with Crippen LogP contribution in [0.15, 0.2) is 52.5 Å². The molecular weight excluding hydrogens is 288 g/mol. The van der Waals surface area contributed by atoms with E-state index in [1.54, 1.807) is 30.3 Å². The summed E-state index contributed by atoms with van der Waals surface area (Å²) < 4.78 is 24.2. The second-order valence-electron chi connectivity index (χ2n) is 4.66. The molecular formula is C15H16N2O3S. The Morgan fingerprint density at radius 1 is 1.10 bits per heavy atom. The second kappa shape index (κ2) is 5.97. The van der Waals surface area contributed by atoms with Gasteiger partial charge in [0, 0.05) is 5.56 Å². The first-order valence-corrected chi connectivity index (χ1v) is 7.78. The SMILES string of the molecule is Cc1ccc(S(=O)(=O)N/N=C\c2ccccc2O)cc1C. The first-order valence-electron chi connectivity index (χ1n) is 6.30. The molecule has 0 spiro atoms. The summed E-state index contributed by atoms with van der Waals surface area (Å²) in [5.41, 5.74) is 2.34. The molecule has 0 atom stereocenters. The molecule has 2 aromatic rings. The fraction of sp³-hybridized carbons (Fsp3) is 0.133. The molecule has 0 aromatic heterocycles. The lowest BCUT2D eigenvalue weighted by atomic mass is 10.1. The van der Waals surface area contributed by atoms with E-state index in [4.69, 9.17) is 0 Å². The van der Waals surface area contributed by atoms with Gasteiger partial charge in [-0.2, -0.15) is 13.5 Å². The summed E-state index contributed by atoms with van der Waals surface area (Å²) in [7, 11) is -3.71. The van der Waals surface area contributed by atoms with E-state index < -0.39 is 10.0 Å². The Labute approximate surface area is 124 Å². The van der Waals surface area contributed by atoms with Gasteiger partial charge >= 0.3 is 0 Å². The zero-order valence-electron chi connectivity index (χ0n) is 11.7. The number of phenolic OH excluding ortho intramolecular Hbond substituents is 1. The second-order valence-corrected chi connectivity index (χ2v) is 6.32. The highest BCUT2D eigenvalue weighted by Crippen LogP contribution is 2.15. The lowest BCUT2D eigenvalue weighted by Gasteiger charge is -2.06. The highest BCUT2D eigenvalue weighted by atomic mass is 32.2. The molecule has 110 valence electrons. The largest absolute Gasteiger partial charge is 0.507 e. The highest BCUT2D eigenvalue weighted by molar-refractivity contribution is 7.89. The van der Waals surface area contributed by atoms with E-state index >= 15 is 0 Å². The maximum absolute atomic E-state index is 12.1. The Kier molecular flexibility index (Phi) is 4.28. The third-order valence-corrected chi connectivity index (χ3v) is 4.32. The molecule has 2 N–H and O–H groups in total. The Balaban J connectivity index is 2.18. The number of aryl methyl sites for hydroxylation is 2. The van der Waals surface area contributed by atoms with Crippen LogP contribution in [0, 0.1) is 13.8 Å². The van der Waals surface area contributed by atoms with Crippen LogP contribution in [0.2, 0.25) is 0 Å². The van der Waals surface area contributed by atoms with Crippen molar-refractivity contribution < 1.29 is 13.5 Å². The van der Waals surface area contributed by atoms with Gasteiger partial charge in [0.15, 0.2) is 0 Å². The fourth-order valence-electron chi connectivity index (χ4n) is 1.70. The molecule has 0 saturated carbocycles. The van der Waals surface area contributed by atoms with Gasteiger partial charge < -0.3 is 5.11 Å². The number of sulfonamides is 1. The standard InChI is InChI=1S/C15H16N2O3S/c1-11-7-8-14(9-12(11)2)21(19,20)17-16-10-13-5-3-4-6-15(13)18/h3-10,17-18H,1-2H3/b16-10-. The van der Waals surface area contributed by atoms with Crippen LogP contribution in [-0.4, -0.2) is 19.7 Å². The van der Waals surface area contributed by atoms with Gasteiger partial charge in [-0.3, -0.25) is 0 Å². The van der Waals surface area contributed by atoms with Crippen LogP contribution in [0.25, 0.3) is 0 Å². The van der Waals surface area contributed by atoms with Crippen molar-refractivity contribution >= 4 is 16.2 Å². The van der Waals surface area contributed by atoms with E-state index in [2.05, 4.69) is 9.93 Å². The summed E-state index contributed by atoms with van der Waals surface area (Å²) in [6, 6.07) is 11.4. The van der Waals surface area contributed by atoms with E-state index in [1.165, 1.54) is 18.3 Å². The normalized spacial score (nSPS) is 11.7. The first kappa shape index (κ1) is 15.1. The third kappa shape index (κ3) is 3.61. The number of nitrogens with zero attached hydrogens (tertiary/aromatic N) is 1. The minimum Gasteiger partial charge on any atom is -0.507 e. The number of aromatic hydroxyl groups is 1. The number of para-hydroxylation sites is 1.